The highest BCUT2D eigenvalue weighted by Crippen LogP contribution is 2.40. The number of rotatable bonds is 5. The Morgan fingerprint density at radius 2 is 2.08 bits per heavy atom. The molecule has 0 spiro atoms. The molecule has 140 valence electrons. The van der Waals surface area contributed by atoms with E-state index in [0.717, 1.165) is 18.5 Å². The second kappa shape index (κ2) is 6.28. The van der Waals surface area contributed by atoms with E-state index in [-0.39, 0.29) is 17.5 Å². The second-order valence-corrected chi connectivity index (χ2v) is 8.74. The first-order valence-corrected chi connectivity index (χ1v) is 10.4. The van der Waals surface area contributed by atoms with Gasteiger partial charge in [-0.15, -0.1) is 0 Å². The van der Waals surface area contributed by atoms with Gasteiger partial charge in [-0.2, -0.15) is 4.31 Å². The monoisotopic (exact) mass is 377 g/mol. The number of hydrogen-bond acceptors (Lipinski definition) is 4. The number of fused-ring (bicyclic) bond motifs is 1. The van der Waals surface area contributed by atoms with Crippen LogP contribution in [-0.2, 0) is 27.8 Å². The van der Waals surface area contributed by atoms with Gasteiger partial charge in [0.25, 0.3) is 0 Å². The molecule has 0 radical (unpaired) electrons. The van der Waals surface area contributed by atoms with Crippen LogP contribution in [0.1, 0.15) is 47.7 Å². The molecular formula is C18H23N3O4S. The van der Waals surface area contributed by atoms with Gasteiger partial charge in [0.1, 0.15) is 10.6 Å². The van der Waals surface area contributed by atoms with Gasteiger partial charge < -0.3 is 13.9 Å². The number of carbonyl (C=O) groups is 1. The number of aromatic nitrogens is 2. The average Bonchev–Trinajstić information content (AvgIpc) is 3.21. The van der Waals surface area contributed by atoms with Crippen molar-refractivity contribution in [3.8, 4) is 0 Å². The van der Waals surface area contributed by atoms with Crippen LogP contribution in [-0.4, -0.2) is 41.0 Å². The van der Waals surface area contributed by atoms with Crippen LogP contribution >= 0.6 is 0 Å². The van der Waals surface area contributed by atoms with Gasteiger partial charge >= 0.3 is 5.97 Å². The molecule has 0 N–H and O–H groups in total. The molecular weight excluding hydrogens is 354 g/mol. The molecule has 1 aliphatic heterocycles. The van der Waals surface area contributed by atoms with Gasteiger partial charge in [0.05, 0.1) is 13.2 Å². The summed E-state index contributed by atoms with van der Waals surface area (Å²) in [6.07, 6.45) is 3.88. The largest absolute Gasteiger partial charge is 0.461 e. The quantitative estimate of drug-likeness (QED) is 0.750. The molecule has 1 aliphatic carbocycles. The molecule has 0 aromatic carbocycles. The molecule has 8 heteroatoms. The number of carbonyl (C=O) groups excluding carboxylic acids is 1. The number of sulfonamides is 1. The van der Waals surface area contributed by atoms with Crippen LogP contribution in [0, 0.1) is 6.92 Å². The van der Waals surface area contributed by atoms with Crippen LogP contribution in [0.5, 0.6) is 0 Å². The van der Waals surface area contributed by atoms with E-state index in [2.05, 4.69) is 4.57 Å². The molecule has 3 heterocycles. The molecule has 1 saturated carbocycles. The Morgan fingerprint density at radius 3 is 2.77 bits per heavy atom. The maximum atomic E-state index is 13.3. The molecule has 0 amide bonds. The summed E-state index contributed by atoms with van der Waals surface area (Å²) >= 11 is 0. The molecule has 0 unspecified atom stereocenters. The van der Waals surface area contributed by atoms with E-state index in [1.807, 2.05) is 22.9 Å². The fraction of sp³-hybridized carbons (Fsp3) is 0.500. The fourth-order valence-corrected chi connectivity index (χ4v) is 5.29. The summed E-state index contributed by atoms with van der Waals surface area (Å²) in [5, 5.41) is 0. The third kappa shape index (κ3) is 2.77. The van der Waals surface area contributed by atoms with Crippen molar-refractivity contribution in [1.29, 1.82) is 0 Å². The van der Waals surface area contributed by atoms with Crippen LogP contribution in [0.3, 0.4) is 0 Å². The Labute approximate surface area is 153 Å². The number of esters is 1. The Balaban J connectivity index is 1.73. The molecule has 0 saturated heterocycles. The first-order chi connectivity index (χ1) is 12.4. The zero-order valence-corrected chi connectivity index (χ0v) is 15.8. The van der Waals surface area contributed by atoms with Crippen molar-refractivity contribution in [3.63, 3.8) is 0 Å². The topological polar surface area (TPSA) is 73.5 Å². The summed E-state index contributed by atoms with van der Waals surface area (Å²) < 4.78 is 37.1. The van der Waals surface area contributed by atoms with Gasteiger partial charge in [-0.25, -0.2) is 13.2 Å². The van der Waals surface area contributed by atoms with E-state index in [1.54, 1.807) is 13.8 Å². The van der Waals surface area contributed by atoms with Gasteiger partial charge in [-0.3, -0.25) is 0 Å². The van der Waals surface area contributed by atoms with Gasteiger partial charge in [0.15, 0.2) is 0 Å². The van der Waals surface area contributed by atoms with Crippen molar-refractivity contribution < 1.29 is 17.9 Å². The Bertz CT molecular complexity index is 953. The third-order valence-electron chi connectivity index (χ3n) is 5.11. The minimum atomic E-state index is -3.68. The van der Waals surface area contributed by atoms with Gasteiger partial charge in [0.2, 0.25) is 10.0 Å². The SMILES string of the molecule is CCOC(=O)c1cc(S(=O)(=O)N2CCn3cccc3C2)c(C)n1C1CC1. The van der Waals surface area contributed by atoms with E-state index in [9.17, 15) is 13.2 Å². The summed E-state index contributed by atoms with van der Waals surface area (Å²) in [4.78, 5) is 12.6. The second-order valence-electron chi connectivity index (χ2n) is 6.83. The van der Waals surface area contributed by atoms with Crippen LogP contribution in [0.25, 0.3) is 0 Å². The van der Waals surface area contributed by atoms with Crippen LogP contribution < -0.4 is 0 Å². The lowest BCUT2D eigenvalue weighted by Gasteiger charge is -2.27. The van der Waals surface area contributed by atoms with E-state index >= 15 is 0 Å². The highest BCUT2D eigenvalue weighted by atomic mass is 32.2. The zero-order valence-electron chi connectivity index (χ0n) is 15.0. The van der Waals surface area contributed by atoms with Crippen LogP contribution in [0.2, 0.25) is 0 Å². The lowest BCUT2D eigenvalue weighted by molar-refractivity contribution is 0.0513. The highest BCUT2D eigenvalue weighted by molar-refractivity contribution is 7.89. The number of ether oxygens (including phenoxy) is 1. The van der Waals surface area contributed by atoms with Gasteiger partial charge in [-0.05, 0) is 44.9 Å². The summed E-state index contributed by atoms with van der Waals surface area (Å²) in [6.45, 7) is 5.19. The summed E-state index contributed by atoms with van der Waals surface area (Å²) in [5.41, 5.74) is 1.94. The first-order valence-electron chi connectivity index (χ1n) is 8.96. The molecule has 0 atom stereocenters. The van der Waals surface area contributed by atoms with Gasteiger partial charge in [0, 0.05) is 36.7 Å². The number of nitrogens with zero attached hydrogens (tertiary/aromatic N) is 3. The average molecular weight is 377 g/mol. The predicted octanol–water partition coefficient (Wildman–Crippen LogP) is 2.31. The Hall–Kier alpha value is -2.06. The predicted molar refractivity (Wildman–Crippen MR) is 95.4 cm³/mol. The molecule has 0 bridgehead atoms. The summed E-state index contributed by atoms with van der Waals surface area (Å²) in [7, 11) is -3.68. The molecule has 2 aliphatic rings. The van der Waals surface area contributed by atoms with Crippen molar-refractivity contribution in [1.82, 2.24) is 13.4 Å². The van der Waals surface area contributed by atoms with E-state index in [0.29, 0.717) is 31.0 Å². The molecule has 7 nitrogen and oxygen atoms in total. The van der Waals surface area contributed by atoms with Crippen molar-refractivity contribution in [2.24, 2.45) is 0 Å². The van der Waals surface area contributed by atoms with E-state index in [1.165, 1.54) is 10.4 Å². The lowest BCUT2D eigenvalue weighted by atomic mass is 10.3. The van der Waals surface area contributed by atoms with Crippen molar-refractivity contribution >= 4 is 16.0 Å². The fourth-order valence-electron chi connectivity index (χ4n) is 3.66. The molecule has 1 fully saturated rings. The van der Waals surface area contributed by atoms with E-state index in [4.69, 9.17) is 4.74 Å². The Morgan fingerprint density at radius 1 is 1.31 bits per heavy atom. The number of hydrogen-bond donors (Lipinski definition) is 0. The maximum Gasteiger partial charge on any atom is 0.354 e. The minimum absolute atomic E-state index is 0.192. The first kappa shape index (κ1) is 17.4. The smallest absolute Gasteiger partial charge is 0.354 e. The van der Waals surface area contributed by atoms with Crippen molar-refractivity contribution in [2.75, 3.05) is 13.2 Å². The highest BCUT2D eigenvalue weighted by Gasteiger charge is 2.36. The lowest BCUT2D eigenvalue weighted by Crippen LogP contribution is -2.38. The molecule has 2 aromatic heterocycles. The maximum absolute atomic E-state index is 13.3. The van der Waals surface area contributed by atoms with Gasteiger partial charge in [-0.1, -0.05) is 0 Å². The standard InChI is InChI=1S/C18H23N3O4S/c1-3-25-18(22)16-11-17(13(2)21(16)14-6-7-14)26(23,24)20-10-9-19-8-4-5-15(19)12-20/h4-5,8,11,14H,3,6-7,9-10,12H2,1-2H3. The Kier molecular flexibility index (Phi) is 4.19. The van der Waals surface area contributed by atoms with Crippen LogP contribution in [0.15, 0.2) is 29.3 Å². The minimum Gasteiger partial charge on any atom is -0.461 e. The molecule has 4 rings (SSSR count). The normalized spacial score (nSPS) is 17.9. The third-order valence-corrected chi connectivity index (χ3v) is 7.07. The zero-order chi connectivity index (χ0) is 18.5. The molecule has 26 heavy (non-hydrogen) atoms. The summed E-state index contributed by atoms with van der Waals surface area (Å²) in [6, 6.07) is 5.55. The summed E-state index contributed by atoms with van der Waals surface area (Å²) in [5.74, 6) is -0.462. The molecule has 2 aromatic rings. The van der Waals surface area contributed by atoms with E-state index < -0.39 is 16.0 Å². The van der Waals surface area contributed by atoms with Crippen molar-refractivity contribution in [2.45, 2.75) is 50.7 Å². The van der Waals surface area contributed by atoms with Crippen molar-refractivity contribution in [3.05, 3.63) is 41.5 Å². The van der Waals surface area contributed by atoms with Crippen LogP contribution in [0.4, 0.5) is 0 Å².